The molecule has 47 heavy (non-hydrogen) atoms. The summed E-state index contributed by atoms with van der Waals surface area (Å²) in [6, 6.07) is 31.4. The van der Waals surface area contributed by atoms with Crippen LogP contribution in [0.5, 0.6) is 0 Å². The summed E-state index contributed by atoms with van der Waals surface area (Å²) >= 11 is 1.78. The van der Waals surface area contributed by atoms with Gasteiger partial charge in [0, 0.05) is 37.2 Å². The van der Waals surface area contributed by atoms with E-state index >= 15 is 0 Å². The summed E-state index contributed by atoms with van der Waals surface area (Å²) in [6.07, 6.45) is 9.80. The van der Waals surface area contributed by atoms with Crippen LogP contribution in [-0.4, -0.2) is 15.0 Å². The Kier molecular flexibility index (Phi) is 10.5. The second-order valence-electron chi connectivity index (χ2n) is 13.3. The van der Waals surface area contributed by atoms with E-state index in [0.29, 0.717) is 5.41 Å². The van der Waals surface area contributed by atoms with Gasteiger partial charge in [0.1, 0.15) is 0 Å². The van der Waals surface area contributed by atoms with Gasteiger partial charge >= 0.3 is 0 Å². The van der Waals surface area contributed by atoms with Crippen LogP contribution in [0.2, 0.25) is 0 Å². The topological polar surface area (TPSA) is 38.7 Å². The molecule has 0 saturated heterocycles. The molecule has 0 fully saturated rings. The van der Waals surface area contributed by atoms with E-state index in [0.717, 1.165) is 34.5 Å². The van der Waals surface area contributed by atoms with Crippen molar-refractivity contribution < 1.29 is 20.1 Å². The molecular formula is C42H39IrN3S-2. The first-order chi connectivity index (χ1) is 22.1. The first-order valence-corrected chi connectivity index (χ1v) is 16.5. The van der Waals surface area contributed by atoms with E-state index in [1.54, 1.807) is 17.5 Å². The van der Waals surface area contributed by atoms with Crippen molar-refractivity contribution in [2.45, 2.75) is 54.9 Å². The number of aryl methyl sites for hydroxylation is 4. The van der Waals surface area contributed by atoms with Crippen molar-refractivity contribution in [3.8, 4) is 33.6 Å². The third kappa shape index (κ3) is 7.93. The molecule has 0 N–H and O–H groups in total. The predicted octanol–water partition coefficient (Wildman–Crippen LogP) is 11.3. The molecule has 7 rings (SSSR count). The smallest absolute Gasteiger partial charge is 0.0521 e. The summed E-state index contributed by atoms with van der Waals surface area (Å²) in [4.78, 5) is 13.3. The fourth-order valence-electron chi connectivity index (χ4n) is 5.66. The molecule has 0 spiro atoms. The Bertz CT molecular complexity index is 2160. The molecule has 0 bridgehead atoms. The van der Waals surface area contributed by atoms with Crippen molar-refractivity contribution in [1.82, 2.24) is 15.0 Å². The van der Waals surface area contributed by atoms with Crippen molar-refractivity contribution in [3.05, 3.63) is 138 Å². The summed E-state index contributed by atoms with van der Waals surface area (Å²) in [6.45, 7) is 15.3. The van der Waals surface area contributed by atoms with Crippen molar-refractivity contribution in [3.63, 3.8) is 0 Å². The zero-order valence-corrected chi connectivity index (χ0v) is 31.2. The minimum atomic E-state index is 0. The normalized spacial score (nSPS) is 11.2. The van der Waals surface area contributed by atoms with Gasteiger partial charge in [0.05, 0.1) is 4.70 Å². The summed E-state index contributed by atoms with van der Waals surface area (Å²) in [5, 5.41) is 2.55. The molecular weight excluding hydrogens is 771 g/mol. The van der Waals surface area contributed by atoms with Gasteiger partial charge in [0.15, 0.2) is 0 Å². The number of hydrogen-bond acceptors (Lipinski definition) is 4. The van der Waals surface area contributed by atoms with Gasteiger partial charge < -0.3 is 15.0 Å². The SMILES string of the molecule is Cc1ccn[c-]c1-c1cc2c(cn1)sc1ccccc12.Cc1cnc(-c2[c-]cc(C)c(-c3ccc(CC(C)(C)C)cc3)c2)cc1C.[Ir]. The summed E-state index contributed by atoms with van der Waals surface area (Å²) in [5.74, 6) is 0. The third-order valence-corrected chi connectivity index (χ3v) is 9.42. The second-order valence-corrected chi connectivity index (χ2v) is 14.4. The average molecular weight is 810 g/mol. The van der Waals surface area contributed by atoms with E-state index in [4.69, 9.17) is 0 Å². The molecule has 0 atom stereocenters. The van der Waals surface area contributed by atoms with Gasteiger partial charge in [0.25, 0.3) is 0 Å². The number of fused-ring (bicyclic) bond motifs is 3. The maximum absolute atomic E-state index is 4.60. The standard InChI is InChI=1S/C25H28N.C17H11N2S.Ir/c1-17-7-10-22(24-13-18(2)19(3)16-26-24)14-23(17)21-11-8-20(9-12-21)15-25(4,5)6;1-11-6-7-18-9-14(11)15-8-13-12-4-2-3-5-16(12)20-17(13)10-19-15;/h7-9,11-14,16H,15H2,1-6H3;2-8,10H,1H3;/q2*-1;. The van der Waals surface area contributed by atoms with Crippen LogP contribution < -0.4 is 0 Å². The number of nitrogens with zero attached hydrogens (tertiary/aromatic N) is 3. The van der Waals surface area contributed by atoms with Crippen molar-refractivity contribution in [2.24, 2.45) is 5.41 Å². The Labute approximate surface area is 296 Å². The van der Waals surface area contributed by atoms with E-state index < -0.39 is 0 Å². The van der Waals surface area contributed by atoms with E-state index in [9.17, 15) is 0 Å². The van der Waals surface area contributed by atoms with Crippen molar-refractivity contribution >= 4 is 31.5 Å². The number of hydrogen-bond donors (Lipinski definition) is 0. The summed E-state index contributed by atoms with van der Waals surface area (Å²) in [5.41, 5.74) is 13.0. The van der Waals surface area contributed by atoms with Gasteiger partial charge in [-0.25, -0.2) is 0 Å². The fraction of sp³-hybridized carbons (Fsp3) is 0.214. The number of pyridine rings is 3. The quantitative estimate of drug-likeness (QED) is 0.166. The van der Waals surface area contributed by atoms with Gasteiger partial charge in [0.2, 0.25) is 0 Å². The van der Waals surface area contributed by atoms with Gasteiger partial charge in [-0.15, -0.1) is 57.9 Å². The summed E-state index contributed by atoms with van der Waals surface area (Å²) in [7, 11) is 0. The van der Waals surface area contributed by atoms with Crippen LogP contribution >= 0.6 is 11.3 Å². The average Bonchev–Trinajstić information content (AvgIpc) is 3.41. The van der Waals surface area contributed by atoms with Crippen LogP contribution in [0.1, 0.15) is 48.6 Å². The van der Waals surface area contributed by atoms with Crippen LogP contribution in [0.3, 0.4) is 0 Å². The molecule has 4 heterocycles. The molecule has 1 radical (unpaired) electrons. The van der Waals surface area contributed by atoms with E-state index in [2.05, 4.69) is 148 Å². The molecule has 4 aromatic heterocycles. The Balaban J connectivity index is 0.000000186. The first kappa shape index (κ1) is 34.3. The van der Waals surface area contributed by atoms with Gasteiger partial charge in [-0.2, -0.15) is 0 Å². The zero-order valence-electron chi connectivity index (χ0n) is 28.0. The van der Waals surface area contributed by atoms with Crippen LogP contribution in [0.15, 0.2) is 97.5 Å². The largest absolute Gasteiger partial charge is 0.360 e. The van der Waals surface area contributed by atoms with Crippen LogP contribution in [0, 0.1) is 45.4 Å². The number of thiophene rings is 1. The van der Waals surface area contributed by atoms with Gasteiger partial charge in [-0.3, -0.25) is 0 Å². The molecule has 0 aliphatic rings. The second kappa shape index (κ2) is 14.4. The molecule has 239 valence electrons. The van der Waals surface area contributed by atoms with Crippen molar-refractivity contribution in [2.75, 3.05) is 0 Å². The minimum absolute atomic E-state index is 0. The van der Waals surface area contributed by atoms with Gasteiger partial charge in [-0.1, -0.05) is 107 Å². The van der Waals surface area contributed by atoms with E-state index in [1.807, 2.05) is 18.5 Å². The number of rotatable bonds is 4. The van der Waals surface area contributed by atoms with Crippen molar-refractivity contribution in [1.29, 1.82) is 0 Å². The number of aromatic nitrogens is 3. The minimum Gasteiger partial charge on any atom is -0.360 e. The maximum atomic E-state index is 4.60. The monoisotopic (exact) mass is 810 g/mol. The first-order valence-electron chi connectivity index (χ1n) is 15.7. The molecule has 0 saturated carbocycles. The molecule has 7 aromatic rings. The Morgan fingerprint density at radius 1 is 0.702 bits per heavy atom. The van der Waals surface area contributed by atoms with E-state index in [-0.39, 0.29) is 20.1 Å². The molecule has 3 aromatic carbocycles. The van der Waals surface area contributed by atoms with Crippen LogP contribution in [0.25, 0.3) is 53.8 Å². The summed E-state index contributed by atoms with van der Waals surface area (Å²) < 4.78 is 2.52. The zero-order chi connectivity index (χ0) is 32.4. The molecule has 0 aliphatic carbocycles. The number of benzene rings is 3. The van der Waals surface area contributed by atoms with Gasteiger partial charge in [-0.05, 0) is 76.8 Å². The molecule has 3 nitrogen and oxygen atoms in total. The predicted molar refractivity (Wildman–Crippen MR) is 195 cm³/mol. The molecule has 5 heteroatoms. The Hall–Kier alpha value is -4.02. The molecule has 0 amide bonds. The maximum Gasteiger partial charge on any atom is 0.0521 e. The molecule has 0 aliphatic heterocycles. The Morgan fingerprint density at radius 2 is 1.45 bits per heavy atom. The third-order valence-electron chi connectivity index (χ3n) is 8.30. The van der Waals surface area contributed by atoms with Crippen LogP contribution in [0.4, 0.5) is 0 Å². The molecule has 0 unspecified atom stereocenters. The van der Waals surface area contributed by atoms with E-state index in [1.165, 1.54) is 53.6 Å². The van der Waals surface area contributed by atoms with Crippen LogP contribution in [-0.2, 0) is 26.5 Å². The fourth-order valence-corrected chi connectivity index (χ4v) is 6.71. The Morgan fingerprint density at radius 3 is 2.17 bits per heavy atom.